The maximum Gasteiger partial charge on any atom is 0.177 e. The van der Waals surface area contributed by atoms with E-state index in [9.17, 15) is 0 Å². The summed E-state index contributed by atoms with van der Waals surface area (Å²) in [6.45, 7) is 14.7. The van der Waals surface area contributed by atoms with Crippen molar-refractivity contribution in [3.63, 3.8) is 0 Å². The van der Waals surface area contributed by atoms with Crippen molar-refractivity contribution in [2.24, 2.45) is 5.41 Å². The SMILES string of the molecule is CCCCCC(C)(C)Cn1c(C(C)(C)C)c[nH]c1=S. The summed E-state index contributed by atoms with van der Waals surface area (Å²) >= 11 is 5.45. The van der Waals surface area contributed by atoms with Crippen LogP contribution in [0.4, 0.5) is 0 Å². The van der Waals surface area contributed by atoms with Crippen molar-refractivity contribution in [3.05, 3.63) is 16.7 Å². The predicted molar refractivity (Wildman–Crippen MR) is 86.2 cm³/mol. The summed E-state index contributed by atoms with van der Waals surface area (Å²) in [7, 11) is 0. The number of H-pyrrole nitrogens is 1. The lowest BCUT2D eigenvalue weighted by Crippen LogP contribution is -2.25. The molecule has 0 bridgehead atoms. The lowest BCUT2D eigenvalue weighted by molar-refractivity contribution is 0.262. The molecule has 2 nitrogen and oxygen atoms in total. The zero-order valence-corrected chi connectivity index (χ0v) is 14.3. The second-order valence-electron chi connectivity index (χ2n) is 7.44. The molecule has 3 heteroatoms. The Bertz CT molecular complexity index is 446. The summed E-state index contributed by atoms with van der Waals surface area (Å²) < 4.78 is 3.15. The molecule has 0 unspecified atom stereocenters. The number of unbranched alkanes of at least 4 members (excludes halogenated alkanes) is 2. The maximum absolute atomic E-state index is 5.45. The van der Waals surface area contributed by atoms with Gasteiger partial charge in [-0.2, -0.15) is 0 Å². The highest BCUT2D eigenvalue weighted by Gasteiger charge is 2.24. The molecular weight excluding hydrogens is 252 g/mol. The van der Waals surface area contributed by atoms with Crippen molar-refractivity contribution < 1.29 is 0 Å². The summed E-state index contributed by atoms with van der Waals surface area (Å²) in [4.78, 5) is 3.21. The molecule has 1 aromatic rings. The van der Waals surface area contributed by atoms with Crippen LogP contribution >= 0.6 is 12.2 Å². The van der Waals surface area contributed by atoms with E-state index in [2.05, 4.69) is 57.3 Å². The van der Waals surface area contributed by atoms with Crippen molar-refractivity contribution in [1.82, 2.24) is 9.55 Å². The average Bonchev–Trinajstić information content (AvgIpc) is 2.59. The monoisotopic (exact) mass is 282 g/mol. The van der Waals surface area contributed by atoms with Crippen LogP contribution in [0.5, 0.6) is 0 Å². The van der Waals surface area contributed by atoms with Gasteiger partial charge in [0.15, 0.2) is 4.77 Å². The van der Waals surface area contributed by atoms with E-state index < -0.39 is 0 Å². The van der Waals surface area contributed by atoms with Gasteiger partial charge in [0, 0.05) is 23.9 Å². The van der Waals surface area contributed by atoms with Crippen LogP contribution in [-0.2, 0) is 12.0 Å². The Hall–Kier alpha value is -0.570. The fourth-order valence-electron chi connectivity index (χ4n) is 2.53. The van der Waals surface area contributed by atoms with Crippen LogP contribution in [0.25, 0.3) is 0 Å². The molecule has 0 saturated heterocycles. The number of nitrogens with zero attached hydrogens (tertiary/aromatic N) is 1. The van der Waals surface area contributed by atoms with E-state index >= 15 is 0 Å². The molecule has 0 fully saturated rings. The Kier molecular flexibility index (Phi) is 5.43. The maximum atomic E-state index is 5.45. The normalized spacial score (nSPS) is 12.9. The second-order valence-corrected chi connectivity index (χ2v) is 7.82. The number of nitrogens with one attached hydrogen (secondary N) is 1. The molecule has 19 heavy (non-hydrogen) atoms. The molecule has 0 saturated carbocycles. The molecular formula is C16H30N2S. The lowest BCUT2D eigenvalue weighted by atomic mass is 9.86. The van der Waals surface area contributed by atoms with E-state index in [1.807, 2.05) is 0 Å². The molecule has 1 N–H and O–H groups in total. The fraction of sp³-hybridized carbons (Fsp3) is 0.812. The molecule has 0 aliphatic rings. The van der Waals surface area contributed by atoms with Gasteiger partial charge in [-0.05, 0) is 24.1 Å². The standard InChI is InChI=1S/C16H30N2S/c1-7-8-9-10-16(5,6)12-18-13(15(2,3)4)11-17-14(18)19/h11H,7-10,12H2,1-6H3,(H,17,19). The number of aromatic nitrogens is 2. The highest BCUT2D eigenvalue weighted by molar-refractivity contribution is 7.71. The molecule has 0 aromatic carbocycles. The Morgan fingerprint density at radius 2 is 1.79 bits per heavy atom. The number of imidazole rings is 1. The topological polar surface area (TPSA) is 20.7 Å². The Morgan fingerprint density at radius 1 is 1.16 bits per heavy atom. The highest BCUT2D eigenvalue weighted by Crippen LogP contribution is 2.30. The van der Waals surface area contributed by atoms with Crippen LogP contribution in [0.3, 0.4) is 0 Å². The third-order valence-electron chi connectivity index (χ3n) is 3.68. The minimum Gasteiger partial charge on any atom is -0.337 e. The minimum atomic E-state index is 0.132. The molecule has 110 valence electrons. The molecule has 1 aromatic heterocycles. The summed E-state index contributed by atoms with van der Waals surface area (Å²) in [5.74, 6) is 0. The van der Waals surface area contributed by atoms with Crippen molar-refractivity contribution in [2.75, 3.05) is 0 Å². The van der Waals surface area contributed by atoms with Gasteiger partial charge in [-0.1, -0.05) is 60.8 Å². The van der Waals surface area contributed by atoms with Gasteiger partial charge in [-0.3, -0.25) is 0 Å². The number of rotatable bonds is 6. The van der Waals surface area contributed by atoms with Crippen molar-refractivity contribution in [2.45, 2.75) is 79.2 Å². The zero-order chi connectivity index (χ0) is 14.7. The first-order chi connectivity index (χ1) is 8.67. The van der Waals surface area contributed by atoms with E-state index in [0.29, 0.717) is 5.41 Å². The van der Waals surface area contributed by atoms with Gasteiger partial charge in [0.25, 0.3) is 0 Å². The first-order valence-electron chi connectivity index (χ1n) is 7.46. The van der Waals surface area contributed by atoms with Gasteiger partial charge in [0.05, 0.1) is 0 Å². The quantitative estimate of drug-likeness (QED) is 0.543. The minimum absolute atomic E-state index is 0.132. The van der Waals surface area contributed by atoms with Crippen molar-refractivity contribution >= 4 is 12.2 Å². The average molecular weight is 282 g/mol. The zero-order valence-electron chi connectivity index (χ0n) is 13.5. The molecule has 0 amide bonds. The van der Waals surface area contributed by atoms with Gasteiger partial charge in [-0.15, -0.1) is 0 Å². The van der Waals surface area contributed by atoms with Gasteiger partial charge < -0.3 is 9.55 Å². The largest absolute Gasteiger partial charge is 0.337 e. The van der Waals surface area contributed by atoms with Crippen LogP contribution in [0.15, 0.2) is 6.20 Å². The molecule has 0 aliphatic heterocycles. The molecule has 1 heterocycles. The van der Waals surface area contributed by atoms with E-state index in [1.165, 1.54) is 31.4 Å². The third kappa shape index (κ3) is 4.79. The summed E-state index contributed by atoms with van der Waals surface area (Å²) in [5, 5.41) is 0. The third-order valence-corrected chi connectivity index (χ3v) is 4.02. The molecule has 0 aliphatic carbocycles. The Labute approximate surface area is 123 Å². The van der Waals surface area contributed by atoms with E-state index in [-0.39, 0.29) is 5.41 Å². The lowest BCUT2D eigenvalue weighted by Gasteiger charge is -2.29. The van der Waals surface area contributed by atoms with Crippen molar-refractivity contribution in [3.8, 4) is 0 Å². The van der Waals surface area contributed by atoms with Crippen LogP contribution in [-0.4, -0.2) is 9.55 Å². The van der Waals surface area contributed by atoms with Crippen LogP contribution < -0.4 is 0 Å². The first-order valence-corrected chi connectivity index (χ1v) is 7.87. The van der Waals surface area contributed by atoms with Gasteiger partial charge >= 0.3 is 0 Å². The smallest absolute Gasteiger partial charge is 0.177 e. The summed E-state index contributed by atoms with van der Waals surface area (Å²) in [5.41, 5.74) is 1.74. The Morgan fingerprint density at radius 3 is 2.32 bits per heavy atom. The molecule has 0 atom stereocenters. The van der Waals surface area contributed by atoms with Crippen LogP contribution in [0.2, 0.25) is 0 Å². The highest BCUT2D eigenvalue weighted by atomic mass is 32.1. The molecule has 0 radical (unpaired) electrons. The summed E-state index contributed by atoms with van der Waals surface area (Å²) in [6.07, 6.45) is 7.26. The van der Waals surface area contributed by atoms with Crippen molar-refractivity contribution in [1.29, 1.82) is 0 Å². The first kappa shape index (κ1) is 16.5. The van der Waals surface area contributed by atoms with Gasteiger partial charge in [-0.25, -0.2) is 0 Å². The van der Waals surface area contributed by atoms with E-state index in [0.717, 1.165) is 11.3 Å². The van der Waals surface area contributed by atoms with E-state index in [1.54, 1.807) is 0 Å². The molecule has 1 rings (SSSR count). The van der Waals surface area contributed by atoms with E-state index in [4.69, 9.17) is 12.2 Å². The van der Waals surface area contributed by atoms with Gasteiger partial charge in [0.1, 0.15) is 0 Å². The van der Waals surface area contributed by atoms with Gasteiger partial charge in [0.2, 0.25) is 0 Å². The second kappa shape index (κ2) is 6.25. The number of hydrogen-bond acceptors (Lipinski definition) is 1. The number of hydrogen-bond donors (Lipinski definition) is 1. The molecule has 0 spiro atoms. The van der Waals surface area contributed by atoms with Crippen LogP contribution in [0, 0.1) is 10.2 Å². The summed E-state index contributed by atoms with van der Waals surface area (Å²) in [6, 6.07) is 0. The Balaban J connectivity index is 2.87. The van der Waals surface area contributed by atoms with Crippen LogP contribution in [0.1, 0.15) is 72.9 Å². The predicted octanol–water partition coefficient (Wildman–Crippen LogP) is 5.45. The fourth-order valence-corrected chi connectivity index (χ4v) is 2.76. The number of aromatic amines is 1.